The molecule has 0 aromatic heterocycles. The molecule has 0 radical (unpaired) electrons. The molecule has 7 heteroatoms. The smallest absolute Gasteiger partial charge is 0.307 e. The Labute approximate surface area is 92.7 Å². The molecule has 0 unspecified atom stereocenters. The normalized spacial score (nSPS) is 11.1. The van der Waals surface area contributed by atoms with Gasteiger partial charge in [0.25, 0.3) is 0 Å². The van der Waals surface area contributed by atoms with Crippen molar-refractivity contribution >= 4 is 16.0 Å². The summed E-state index contributed by atoms with van der Waals surface area (Å²) in [5.41, 5.74) is 0.345. The SMILES string of the molecule is COc1ccc(CC(=O)O)cc1S(N)(=O)=O. The summed E-state index contributed by atoms with van der Waals surface area (Å²) >= 11 is 0. The van der Waals surface area contributed by atoms with E-state index in [0.29, 0.717) is 5.56 Å². The Morgan fingerprint density at radius 1 is 1.50 bits per heavy atom. The lowest BCUT2D eigenvalue weighted by atomic mass is 10.1. The van der Waals surface area contributed by atoms with E-state index in [-0.39, 0.29) is 17.1 Å². The molecule has 0 aliphatic rings. The van der Waals surface area contributed by atoms with Crippen LogP contribution in [0.25, 0.3) is 0 Å². The average molecular weight is 245 g/mol. The number of benzene rings is 1. The van der Waals surface area contributed by atoms with Crippen LogP contribution in [0.15, 0.2) is 23.1 Å². The number of primary sulfonamides is 1. The number of carboxylic acids is 1. The van der Waals surface area contributed by atoms with Crippen LogP contribution in [-0.4, -0.2) is 26.6 Å². The quantitative estimate of drug-likeness (QED) is 0.774. The first-order valence-corrected chi connectivity index (χ1v) is 5.80. The van der Waals surface area contributed by atoms with Crippen molar-refractivity contribution in [3.63, 3.8) is 0 Å². The summed E-state index contributed by atoms with van der Waals surface area (Å²) < 4.78 is 27.2. The lowest BCUT2D eigenvalue weighted by Crippen LogP contribution is -2.14. The molecule has 0 amide bonds. The second kappa shape index (κ2) is 4.50. The molecule has 88 valence electrons. The monoisotopic (exact) mass is 245 g/mol. The number of nitrogens with two attached hydrogens (primary N) is 1. The van der Waals surface area contributed by atoms with Gasteiger partial charge in [0.05, 0.1) is 13.5 Å². The first-order chi connectivity index (χ1) is 7.34. The maximum atomic E-state index is 11.2. The Hall–Kier alpha value is -1.60. The largest absolute Gasteiger partial charge is 0.495 e. The van der Waals surface area contributed by atoms with Crippen molar-refractivity contribution in [1.82, 2.24) is 0 Å². The van der Waals surface area contributed by atoms with E-state index in [4.69, 9.17) is 15.0 Å². The summed E-state index contributed by atoms with van der Waals surface area (Å²) in [6, 6.07) is 4.04. The molecule has 0 bridgehead atoms. The molecular formula is C9H11NO5S. The molecule has 1 aromatic carbocycles. The summed E-state index contributed by atoms with van der Waals surface area (Å²) in [4.78, 5) is 10.3. The summed E-state index contributed by atoms with van der Waals surface area (Å²) in [5.74, 6) is -0.956. The van der Waals surface area contributed by atoms with E-state index >= 15 is 0 Å². The van der Waals surface area contributed by atoms with Crippen LogP contribution in [0.3, 0.4) is 0 Å². The minimum Gasteiger partial charge on any atom is -0.495 e. The lowest BCUT2D eigenvalue weighted by Gasteiger charge is -2.07. The fraction of sp³-hybridized carbons (Fsp3) is 0.222. The van der Waals surface area contributed by atoms with Crippen molar-refractivity contribution in [2.45, 2.75) is 11.3 Å². The Morgan fingerprint density at radius 3 is 2.56 bits per heavy atom. The molecule has 0 saturated carbocycles. The van der Waals surface area contributed by atoms with E-state index in [0.717, 1.165) is 0 Å². The van der Waals surface area contributed by atoms with E-state index in [9.17, 15) is 13.2 Å². The second-order valence-electron chi connectivity index (χ2n) is 3.10. The third kappa shape index (κ3) is 2.94. The number of carbonyl (C=O) groups is 1. The fourth-order valence-electron chi connectivity index (χ4n) is 1.23. The third-order valence-electron chi connectivity index (χ3n) is 1.89. The minimum atomic E-state index is -3.92. The van der Waals surface area contributed by atoms with Gasteiger partial charge in [-0.2, -0.15) is 0 Å². The highest BCUT2D eigenvalue weighted by molar-refractivity contribution is 7.89. The van der Waals surface area contributed by atoms with Crippen molar-refractivity contribution < 1.29 is 23.1 Å². The number of sulfonamides is 1. The number of hydrogen-bond acceptors (Lipinski definition) is 4. The molecule has 0 heterocycles. The molecule has 0 saturated heterocycles. The van der Waals surface area contributed by atoms with Crippen molar-refractivity contribution in [3.8, 4) is 5.75 Å². The highest BCUT2D eigenvalue weighted by atomic mass is 32.2. The van der Waals surface area contributed by atoms with Crippen LogP contribution in [-0.2, 0) is 21.2 Å². The van der Waals surface area contributed by atoms with Crippen molar-refractivity contribution in [3.05, 3.63) is 23.8 Å². The number of hydrogen-bond donors (Lipinski definition) is 2. The molecule has 0 aliphatic heterocycles. The summed E-state index contributed by atoms with van der Waals surface area (Å²) in [6.45, 7) is 0. The molecule has 0 fully saturated rings. The zero-order valence-electron chi connectivity index (χ0n) is 8.50. The third-order valence-corrected chi connectivity index (χ3v) is 2.82. The van der Waals surface area contributed by atoms with Gasteiger partial charge in [-0.25, -0.2) is 13.6 Å². The van der Waals surface area contributed by atoms with Crippen LogP contribution in [0.1, 0.15) is 5.56 Å². The zero-order chi connectivity index (χ0) is 12.3. The highest BCUT2D eigenvalue weighted by Crippen LogP contribution is 2.23. The predicted molar refractivity (Wildman–Crippen MR) is 55.7 cm³/mol. The lowest BCUT2D eigenvalue weighted by molar-refractivity contribution is -0.136. The van der Waals surface area contributed by atoms with Gasteiger partial charge in [0.1, 0.15) is 10.6 Å². The predicted octanol–water partition coefficient (Wildman–Crippen LogP) is -0.0303. The topological polar surface area (TPSA) is 107 Å². The minimum absolute atomic E-state index is 0.0941. The number of carboxylic acid groups (broad SMARTS) is 1. The molecule has 0 aliphatic carbocycles. The Bertz CT molecular complexity index is 509. The standard InChI is InChI=1S/C9H11NO5S/c1-15-7-3-2-6(5-9(11)12)4-8(7)16(10,13)14/h2-4H,5H2,1H3,(H,11,12)(H2,10,13,14). The number of aliphatic carboxylic acids is 1. The summed E-state index contributed by atoms with van der Waals surface area (Å²) in [7, 11) is -2.62. The van der Waals surface area contributed by atoms with Crippen LogP contribution in [0, 0.1) is 0 Å². The molecule has 16 heavy (non-hydrogen) atoms. The van der Waals surface area contributed by atoms with Crippen molar-refractivity contribution in [2.24, 2.45) is 5.14 Å². The van der Waals surface area contributed by atoms with Gasteiger partial charge in [0.2, 0.25) is 10.0 Å². The molecule has 3 N–H and O–H groups in total. The van der Waals surface area contributed by atoms with Crippen LogP contribution in [0.2, 0.25) is 0 Å². The highest BCUT2D eigenvalue weighted by Gasteiger charge is 2.16. The fourth-order valence-corrected chi connectivity index (χ4v) is 1.98. The first-order valence-electron chi connectivity index (χ1n) is 4.26. The summed E-state index contributed by atoms with van der Waals surface area (Å²) in [5, 5.41) is 13.6. The number of rotatable bonds is 4. The Morgan fingerprint density at radius 2 is 2.12 bits per heavy atom. The van der Waals surface area contributed by atoms with E-state index in [1.165, 1.54) is 25.3 Å². The van der Waals surface area contributed by atoms with Gasteiger partial charge in [-0.1, -0.05) is 6.07 Å². The summed E-state index contributed by atoms with van der Waals surface area (Å²) in [6.07, 6.45) is -0.271. The van der Waals surface area contributed by atoms with Crippen molar-refractivity contribution in [2.75, 3.05) is 7.11 Å². The molecule has 1 aromatic rings. The molecule has 6 nitrogen and oxygen atoms in total. The molecular weight excluding hydrogens is 234 g/mol. The Kier molecular flexibility index (Phi) is 3.51. The first kappa shape index (κ1) is 12.5. The van der Waals surface area contributed by atoms with Crippen LogP contribution >= 0.6 is 0 Å². The van der Waals surface area contributed by atoms with Crippen LogP contribution < -0.4 is 9.88 Å². The van der Waals surface area contributed by atoms with E-state index < -0.39 is 16.0 Å². The van der Waals surface area contributed by atoms with Gasteiger partial charge in [-0.15, -0.1) is 0 Å². The van der Waals surface area contributed by atoms with Gasteiger partial charge in [0, 0.05) is 0 Å². The Balaban J connectivity index is 3.27. The number of methoxy groups -OCH3 is 1. The van der Waals surface area contributed by atoms with Crippen molar-refractivity contribution in [1.29, 1.82) is 0 Å². The molecule has 0 spiro atoms. The van der Waals surface area contributed by atoms with Crippen LogP contribution in [0.5, 0.6) is 5.75 Å². The zero-order valence-corrected chi connectivity index (χ0v) is 9.32. The van der Waals surface area contributed by atoms with Gasteiger partial charge in [0.15, 0.2) is 0 Å². The molecule has 0 atom stereocenters. The average Bonchev–Trinajstić information content (AvgIpc) is 2.15. The second-order valence-corrected chi connectivity index (χ2v) is 4.63. The molecule has 1 rings (SSSR count). The van der Waals surface area contributed by atoms with Gasteiger partial charge < -0.3 is 9.84 Å². The van der Waals surface area contributed by atoms with E-state index in [1.807, 2.05) is 0 Å². The van der Waals surface area contributed by atoms with E-state index in [2.05, 4.69) is 0 Å². The maximum absolute atomic E-state index is 11.2. The van der Waals surface area contributed by atoms with Gasteiger partial charge >= 0.3 is 5.97 Å². The van der Waals surface area contributed by atoms with Gasteiger partial charge in [-0.3, -0.25) is 4.79 Å². The van der Waals surface area contributed by atoms with Gasteiger partial charge in [-0.05, 0) is 17.7 Å². The maximum Gasteiger partial charge on any atom is 0.307 e. The number of ether oxygens (including phenoxy) is 1. The van der Waals surface area contributed by atoms with E-state index in [1.54, 1.807) is 0 Å². The van der Waals surface area contributed by atoms with Crippen LogP contribution in [0.4, 0.5) is 0 Å².